The normalized spacial score (nSPS) is 22.1. The van der Waals surface area contributed by atoms with E-state index in [1.807, 2.05) is 0 Å². The summed E-state index contributed by atoms with van der Waals surface area (Å²) in [7, 11) is 1.40. The van der Waals surface area contributed by atoms with Gasteiger partial charge in [0.2, 0.25) is 0 Å². The molecule has 1 fully saturated rings. The van der Waals surface area contributed by atoms with Crippen LogP contribution >= 0.6 is 11.6 Å². The number of urea groups is 1. The number of hydrogen-bond acceptors (Lipinski definition) is 4. The summed E-state index contributed by atoms with van der Waals surface area (Å²) in [6.07, 6.45) is 0.749. The summed E-state index contributed by atoms with van der Waals surface area (Å²) in [5.41, 5.74) is 1.54. The van der Waals surface area contributed by atoms with Crippen LogP contribution in [0, 0.1) is 5.82 Å². The molecule has 0 bridgehead atoms. The van der Waals surface area contributed by atoms with E-state index in [4.69, 9.17) is 16.3 Å². The summed E-state index contributed by atoms with van der Waals surface area (Å²) in [6.45, 7) is 1.99. The standard InChI is InChI=1S/C24H23ClFN3O4/c1-24-12-16-15-10-19(33-2)17(26)11-18(15)27-20(16)21(13-5-3-6-14(30)9-13)29(24)23(32)28(22(24)31)8-4-7-25/h3,5-6,9-11,21,27,30H,4,7-8,12H2,1-2H3. The topological polar surface area (TPSA) is 85.9 Å². The molecule has 2 aromatic carbocycles. The van der Waals surface area contributed by atoms with Gasteiger partial charge < -0.3 is 14.8 Å². The van der Waals surface area contributed by atoms with Gasteiger partial charge in [-0.1, -0.05) is 12.1 Å². The van der Waals surface area contributed by atoms with Crippen molar-refractivity contribution >= 4 is 34.4 Å². The first kappa shape index (κ1) is 21.6. The summed E-state index contributed by atoms with van der Waals surface area (Å²) >= 11 is 5.83. The fourth-order valence-electron chi connectivity index (χ4n) is 5.13. The molecule has 0 spiro atoms. The number of fused-ring (bicyclic) bond motifs is 4. The van der Waals surface area contributed by atoms with E-state index in [0.29, 0.717) is 29.1 Å². The maximum atomic E-state index is 14.4. The van der Waals surface area contributed by atoms with Crippen molar-refractivity contribution in [1.82, 2.24) is 14.8 Å². The van der Waals surface area contributed by atoms with E-state index in [0.717, 1.165) is 10.9 Å². The Morgan fingerprint density at radius 1 is 1.30 bits per heavy atom. The maximum Gasteiger partial charge on any atom is 0.328 e. The SMILES string of the molecule is COc1cc2c3c([nH]c2cc1F)C(c1cccc(O)c1)N1C(=O)N(CCCCl)C(=O)C1(C)C3. The number of H-pyrrole nitrogens is 1. The van der Waals surface area contributed by atoms with Crippen molar-refractivity contribution in [3.8, 4) is 11.5 Å². The molecule has 2 unspecified atom stereocenters. The van der Waals surface area contributed by atoms with Crippen LogP contribution in [-0.2, 0) is 11.2 Å². The zero-order chi connectivity index (χ0) is 23.5. The molecule has 0 aliphatic carbocycles. The summed E-state index contributed by atoms with van der Waals surface area (Å²) in [5, 5.41) is 10.9. The van der Waals surface area contributed by atoms with Gasteiger partial charge in [0, 0.05) is 41.5 Å². The maximum absolute atomic E-state index is 14.4. The predicted octanol–water partition coefficient (Wildman–Crippen LogP) is 4.32. The quantitative estimate of drug-likeness (QED) is 0.428. The van der Waals surface area contributed by atoms with Crippen molar-refractivity contribution in [2.75, 3.05) is 19.5 Å². The lowest BCUT2D eigenvalue weighted by molar-refractivity contribution is -0.133. The molecule has 2 aliphatic heterocycles. The van der Waals surface area contributed by atoms with Crippen LogP contribution in [0.2, 0.25) is 0 Å². The third kappa shape index (κ3) is 3.08. The van der Waals surface area contributed by atoms with Crippen LogP contribution in [0.5, 0.6) is 11.5 Å². The van der Waals surface area contributed by atoms with Gasteiger partial charge in [0.15, 0.2) is 11.6 Å². The lowest BCUT2D eigenvalue weighted by atomic mass is 9.81. The number of alkyl halides is 1. The number of halogens is 2. The second-order valence-electron chi connectivity index (χ2n) is 8.65. The van der Waals surface area contributed by atoms with Gasteiger partial charge in [0.25, 0.3) is 5.91 Å². The zero-order valence-electron chi connectivity index (χ0n) is 18.2. The van der Waals surface area contributed by atoms with Crippen LogP contribution in [0.25, 0.3) is 10.9 Å². The largest absolute Gasteiger partial charge is 0.508 e. The van der Waals surface area contributed by atoms with Gasteiger partial charge in [0.05, 0.1) is 7.11 Å². The Morgan fingerprint density at radius 2 is 2.09 bits per heavy atom. The van der Waals surface area contributed by atoms with Gasteiger partial charge in [-0.05, 0) is 42.7 Å². The fourth-order valence-corrected chi connectivity index (χ4v) is 5.25. The molecule has 33 heavy (non-hydrogen) atoms. The molecule has 2 N–H and O–H groups in total. The molecule has 3 aromatic rings. The Labute approximate surface area is 194 Å². The number of hydrogen-bond donors (Lipinski definition) is 2. The smallest absolute Gasteiger partial charge is 0.328 e. The Morgan fingerprint density at radius 3 is 2.79 bits per heavy atom. The van der Waals surface area contributed by atoms with Gasteiger partial charge in [-0.25, -0.2) is 9.18 Å². The first-order valence-corrected chi connectivity index (χ1v) is 11.2. The van der Waals surface area contributed by atoms with Crippen molar-refractivity contribution in [3.05, 3.63) is 59.0 Å². The van der Waals surface area contributed by atoms with Gasteiger partial charge >= 0.3 is 6.03 Å². The van der Waals surface area contributed by atoms with Crippen LogP contribution in [0.4, 0.5) is 9.18 Å². The number of aromatic hydroxyl groups is 1. The van der Waals surface area contributed by atoms with Crippen molar-refractivity contribution in [2.24, 2.45) is 0 Å². The molecule has 7 nitrogen and oxygen atoms in total. The molecule has 5 rings (SSSR count). The molecule has 0 radical (unpaired) electrons. The van der Waals surface area contributed by atoms with Crippen LogP contribution in [0.1, 0.15) is 36.2 Å². The number of ether oxygens (including phenoxy) is 1. The molecule has 3 heterocycles. The average Bonchev–Trinajstić information content (AvgIpc) is 3.21. The first-order valence-electron chi connectivity index (χ1n) is 10.7. The number of rotatable bonds is 5. The Kier molecular flexibility index (Phi) is 5.01. The van der Waals surface area contributed by atoms with Crippen molar-refractivity contribution in [1.29, 1.82) is 0 Å². The molecule has 172 valence electrons. The Balaban J connectivity index is 1.76. The van der Waals surface area contributed by atoms with Crippen LogP contribution in [0.3, 0.4) is 0 Å². The zero-order valence-corrected chi connectivity index (χ0v) is 18.9. The van der Waals surface area contributed by atoms with E-state index in [1.54, 1.807) is 42.2 Å². The molecule has 9 heteroatoms. The highest BCUT2D eigenvalue weighted by Gasteiger charge is 2.60. The van der Waals surface area contributed by atoms with Gasteiger partial charge in [-0.15, -0.1) is 11.6 Å². The molecule has 0 saturated carbocycles. The van der Waals surface area contributed by atoms with Gasteiger partial charge in [-0.3, -0.25) is 14.6 Å². The van der Waals surface area contributed by atoms with E-state index in [9.17, 15) is 19.1 Å². The minimum Gasteiger partial charge on any atom is -0.508 e. The molecule has 3 amide bonds. The summed E-state index contributed by atoms with van der Waals surface area (Å²) in [4.78, 5) is 33.2. The molecule has 2 aliphatic rings. The summed E-state index contributed by atoms with van der Waals surface area (Å²) < 4.78 is 19.6. The van der Waals surface area contributed by atoms with Crippen LogP contribution < -0.4 is 4.74 Å². The Bertz CT molecular complexity index is 1290. The Hall–Kier alpha value is -3.26. The minimum atomic E-state index is -1.15. The highest BCUT2D eigenvalue weighted by Crippen LogP contribution is 2.49. The first-order chi connectivity index (χ1) is 15.8. The molecule has 1 saturated heterocycles. The van der Waals surface area contributed by atoms with Crippen molar-refractivity contribution < 1.29 is 23.8 Å². The van der Waals surface area contributed by atoms with Gasteiger partial charge in [-0.2, -0.15) is 0 Å². The predicted molar refractivity (Wildman–Crippen MR) is 121 cm³/mol. The number of phenols is 1. The number of phenolic OH excluding ortho intramolecular Hbond substituents is 1. The van der Waals surface area contributed by atoms with Crippen molar-refractivity contribution in [2.45, 2.75) is 31.3 Å². The van der Waals surface area contributed by atoms with E-state index in [1.165, 1.54) is 18.1 Å². The second-order valence-corrected chi connectivity index (χ2v) is 9.03. The number of amides is 3. The number of benzene rings is 2. The third-order valence-corrected chi connectivity index (χ3v) is 6.91. The van der Waals surface area contributed by atoms with Crippen LogP contribution in [-0.4, -0.2) is 56.9 Å². The molecule has 2 atom stereocenters. The second kappa shape index (κ2) is 7.66. The van der Waals surface area contributed by atoms with Crippen LogP contribution in [0.15, 0.2) is 36.4 Å². The number of nitrogens with zero attached hydrogens (tertiary/aromatic N) is 2. The average molecular weight is 472 g/mol. The fraction of sp³-hybridized carbons (Fsp3) is 0.333. The van der Waals surface area contributed by atoms with E-state index < -0.39 is 23.4 Å². The number of nitrogens with one attached hydrogen (secondary N) is 1. The number of carbonyl (C=O) groups excluding carboxylic acids is 2. The summed E-state index contributed by atoms with van der Waals surface area (Å²) in [5.74, 6) is -0.329. The van der Waals surface area contributed by atoms with Gasteiger partial charge in [0.1, 0.15) is 17.3 Å². The van der Waals surface area contributed by atoms with Crippen molar-refractivity contribution in [3.63, 3.8) is 0 Å². The van der Waals surface area contributed by atoms with E-state index in [2.05, 4.69) is 4.98 Å². The van der Waals surface area contributed by atoms with E-state index in [-0.39, 0.29) is 30.4 Å². The molecular formula is C24H23ClFN3O4. The number of aromatic amines is 1. The minimum absolute atomic E-state index is 0.0436. The monoisotopic (exact) mass is 471 g/mol. The number of aromatic nitrogens is 1. The highest BCUT2D eigenvalue weighted by molar-refractivity contribution is 6.18. The third-order valence-electron chi connectivity index (χ3n) is 6.64. The lowest BCUT2D eigenvalue weighted by Crippen LogP contribution is -2.53. The summed E-state index contributed by atoms with van der Waals surface area (Å²) in [6, 6.07) is 8.49. The number of carbonyl (C=O) groups is 2. The molecule has 1 aromatic heterocycles. The van der Waals surface area contributed by atoms with E-state index >= 15 is 0 Å². The lowest BCUT2D eigenvalue weighted by Gasteiger charge is -2.42. The number of imide groups is 1. The molecular weight excluding hydrogens is 449 g/mol. The number of methoxy groups -OCH3 is 1. The highest BCUT2D eigenvalue weighted by atomic mass is 35.5.